The lowest BCUT2D eigenvalue weighted by Crippen LogP contribution is -2.51. The minimum Gasteiger partial charge on any atom is -0.481 e. The van der Waals surface area contributed by atoms with Crippen LogP contribution in [0.2, 0.25) is 0 Å². The predicted molar refractivity (Wildman–Crippen MR) is 95.7 cm³/mol. The molecule has 0 saturated carbocycles. The minimum absolute atomic E-state index is 0.188. The van der Waals surface area contributed by atoms with Gasteiger partial charge < -0.3 is 25.3 Å². The van der Waals surface area contributed by atoms with E-state index in [9.17, 15) is 14.3 Å². The Balaban J connectivity index is 1.47. The Kier molecular flexibility index (Phi) is 4.73. The molecule has 3 saturated heterocycles. The Hall–Kier alpha value is -1.90. The molecule has 0 aromatic heterocycles. The van der Waals surface area contributed by atoms with Crippen LogP contribution in [-0.2, 0) is 4.79 Å². The summed E-state index contributed by atoms with van der Waals surface area (Å²) in [5.41, 5.74) is 1.18. The number of carbonyl (C=O) groups is 1. The number of halogens is 1. The number of hydrogen-bond donors (Lipinski definition) is 3. The summed E-state index contributed by atoms with van der Waals surface area (Å²) in [7, 11) is 0. The Labute approximate surface area is 152 Å². The summed E-state index contributed by atoms with van der Waals surface area (Å²) < 4.78 is 14.8. The number of aliphatic hydroxyl groups is 1. The molecule has 2 atom stereocenters. The van der Waals surface area contributed by atoms with Gasteiger partial charge in [0.1, 0.15) is 5.82 Å². The van der Waals surface area contributed by atoms with Gasteiger partial charge in [-0.05, 0) is 31.0 Å². The highest BCUT2D eigenvalue weighted by Gasteiger charge is 2.40. The molecule has 8 heteroatoms. The summed E-state index contributed by atoms with van der Waals surface area (Å²) in [4.78, 5) is 16.8. The number of nitrogens with one attached hydrogen (secondary N) is 1. The largest absolute Gasteiger partial charge is 0.481 e. The van der Waals surface area contributed by atoms with Gasteiger partial charge in [0.15, 0.2) is 6.35 Å². The third kappa shape index (κ3) is 3.13. The molecule has 4 rings (SSSR count). The number of fused-ring (bicyclic) bond motifs is 1. The number of anilines is 2. The first kappa shape index (κ1) is 17.5. The maximum absolute atomic E-state index is 14.8. The maximum atomic E-state index is 14.8. The molecule has 3 N–H and O–H groups in total. The number of carboxylic acid groups (broad SMARTS) is 1. The van der Waals surface area contributed by atoms with E-state index >= 15 is 0 Å². The highest BCUT2D eigenvalue weighted by molar-refractivity contribution is 5.70. The second-order valence-electron chi connectivity index (χ2n) is 7.33. The van der Waals surface area contributed by atoms with Crippen molar-refractivity contribution in [3.63, 3.8) is 0 Å². The van der Waals surface area contributed by atoms with Gasteiger partial charge in [0, 0.05) is 51.0 Å². The summed E-state index contributed by atoms with van der Waals surface area (Å²) >= 11 is 0. The van der Waals surface area contributed by atoms with E-state index < -0.39 is 12.3 Å². The molecule has 0 aliphatic carbocycles. The lowest BCUT2D eigenvalue weighted by atomic mass is 9.97. The second-order valence-corrected chi connectivity index (χ2v) is 7.33. The van der Waals surface area contributed by atoms with E-state index in [2.05, 4.69) is 5.32 Å². The van der Waals surface area contributed by atoms with Crippen LogP contribution in [0.1, 0.15) is 12.8 Å². The quantitative estimate of drug-likeness (QED) is 0.721. The first-order chi connectivity index (χ1) is 12.5. The number of piperazine rings is 1. The van der Waals surface area contributed by atoms with Crippen LogP contribution in [0, 0.1) is 11.7 Å². The number of benzene rings is 1. The Morgan fingerprint density at radius 3 is 2.65 bits per heavy atom. The van der Waals surface area contributed by atoms with Gasteiger partial charge in [-0.2, -0.15) is 0 Å². The van der Waals surface area contributed by atoms with Gasteiger partial charge in [0.25, 0.3) is 0 Å². The van der Waals surface area contributed by atoms with Gasteiger partial charge in [-0.25, -0.2) is 4.39 Å². The highest BCUT2D eigenvalue weighted by atomic mass is 19.1. The monoisotopic (exact) mass is 364 g/mol. The third-order valence-electron chi connectivity index (χ3n) is 5.83. The number of aliphatic carboxylic acids is 1. The zero-order valence-corrected chi connectivity index (χ0v) is 14.6. The molecule has 7 nitrogen and oxygen atoms in total. The van der Waals surface area contributed by atoms with Crippen LogP contribution in [0.5, 0.6) is 0 Å². The molecule has 3 heterocycles. The van der Waals surface area contributed by atoms with Crippen LogP contribution in [0.15, 0.2) is 18.2 Å². The molecule has 3 aliphatic rings. The van der Waals surface area contributed by atoms with Crippen LogP contribution in [0.4, 0.5) is 15.8 Å². The zero-order chi connectivity index (χ0) is 18.3. The van der Waals surface area contributed by atoms with Gasteiger partial charge in [-0.3, -0.25) is 9.69 Å². The minimum atomic E-state index is -0.797. The van der Waals surface area contributed by atoms with Crippen molar-refractivity contribution in [3.05, 3.63) is 24.0 Å². The van der Waals surface area contributed by atoms with E-state index in [0.29, 0.717) is 38.2 Å². The van der Waals surface area contributed by atoms with Crippen LogP contribution < -0.4 is 15.1 Å². The first-order valence-electron chi connectivity index (χ1n) is 9.23. The van der Waals surface area contributed by atoms with E-state index in [1.165, 1.54) is 6.07 Å². The van der Waals surface area contributed by atoms with Crippen molar-refractivity contribution in [1.29, 1.82) is 0 Å². The fourth-order valence-corrected chi connectivity index (χ4v) is 4.28. The van der Waals surface area contributed by atoms with Crippen molar-refractivity contribution >= 4 is 17.3 Å². The maximum Gasteiger partial charge on any atom is 0.306 e. The summed E-state index contributed by atoms with van der Waals surface area (Å²) in [6.07, 6.45) is 0.356. The molecule has 26 heavy (non-hydrogen) atoms. The van der Waals surface area contributed by atoms with Crippen LogP contribution >= 0.6 is 0 Å². The summed E-state index contributed by atoms with van der Waals surface area (Å²) in [6.45, 7) is 4.20. The molecule has 0 bridgehead atoms. The molecule has 1 aromatic rings. The summed E-state index contributed by atoms with van der Waals surface area (Å²) in [5.74, 6) is -1.41. The average Bonchev–Trinajstić information content (AvgIpc) is 2.98. The molecular formula is C18H25FN4O3. The molecule has 1 aromatic carbocycles. The molecule has 0 amide bonds. The topological polar surface area (TPSA) is 79.3 Å². The number of carboxylic acids is 1. The fourth-order valence-electron chi connectivity index (χ4n) is 4.28. The van der Waals surface area contributed by atoms with E-state index in [1.807, 2.05) is 15.9 Å². The Morgan fingerprint density at radius 2 is 2.00 bits per heavy atom. The standard InChI is InChI=1S/C18H25FN4O3/c19-15-9-13(21-6-3-12(4-7-21)17(24)25)1-2-16(15)23-11-14-10-20-5-8-22(14)18(23)26/h1-2,9,12,14,18,20,26H,3-8,10-11H2,(H,24,25)/t14-,18?/m0/s1. The molecule has 3 fully saturated rings. The zero-order valence-electron chi connectivity index (χ0n) is 14.6. The highest BCUT2D eigenvalue weighted by Crippen LogP contribution is 2.32. The second kappa shape index (κ2) is 7.02. The normalized spacial score (nSPS) is 27.6. The smallest absolute Gasteiger partial charge is 0.306 e. The molecule has 142 valence electrons. The lowest BCUT2D eigenvalue weighted by molar-refractivity contribution is -0.142. The SMILES string of the molecule is O=C(O)C1CCN(c2ccc(N3C[C@@H]4CNCCN4C3O)c(F)c2)CC1. The molecule has 0 radical (unpaired) electrons. The van der Waals surface area contributed by atoms with Crippen molar-refractivity contribution in [2.24, 2.45) is 5.92 Å². The fraction of sp³-hybridized carbons (Fsp3) is 0.611. The van der Waals surface area contributed by atoms with E-state index in [1.54, 1.807) is 11.0 Å². The van der Waals surface area contributed by atoms with Crippen molar-refractivity contribution in [2.75, 3.05) is 49.1 Å². The third-order valence-corrected chi connectivity index (χ3v) is 5.83. The summed E-state index contributed by atoms with van der Waals surface area (Å²) in [6, 6.07) is 5.27. The number of aliphatic hydroxyl groups excluding tert-OH is 1. The number of piperidine rings is 1. The average molecular weight is 364 g/mol. The van der Waals surface area contributed by atoms with Gasteiger partial charge in [0.05, 0.1) is 11.6 Å². The van der Waals surface area contributed by atoms with Crippen molar-refractivity contribution < 1.29 is 19.4 Å². The molecule has 1 unspecified atom stereocenters. The van der Waals surface area contributed by atoms with E-state index in [-0.39, 0.29) is 17.8 Å². The van der Waals surface area contributed by atoms with Crippen molar-refractivity contribution in [1.82, 2.24) is 10.2 Å². The van der Waals surface area contributed by atoms with Gasteiger partial charge in [-0.1, -0.05) is 0 Å². The Bertz CT molecular complexity index is 680. The van der Waals surface area contributed by atoms with Crippen LogP contribution in [0.3, 0.4) is 0 Å². The van der Waals surface area contributed by atoms with Crippen molar-refractivity contribution in [2.45, 2.75) is 25.2 Å². The van der Waals surface area contributed by atoms with Gasteiger partial charge >= 0.3 is 5.97 Å². The predicted octanol–water partition coefficient (Wildman–Crippen LogP) is 0.496. The van der Waals surface area contributed by atoms with E-state index in [4.69, 9.17) is 5.11 Å². The first-order valence-corrected chi connectivity index (χ1v) is 9.23. The number of hydrogen-bond acceptors (Lipinski definition) is 6. The lowest BCUT2D eigenvalue weighted by Gasteiger charge is -2.33. The molecular weight excluding hydrogens is 339 g/mol. The van der Waals surface area contributed by atoms with Crippen molar-refractivity contribution in [3.8, 4) is 0 Å². The van der Waals surface area contributed by atoms with Crippen LogP contribution in [0.25, 0.3) is 0 Å². The number of nitrogens with zero attached hydrogens (tertiary/aromatic N) is 3. The van der Waals surface area contributed by atoms with Crippen LogP contribution in [-0.4, -0.2) is 72.7 Å². The van der Waals surface area contributed by atoms with Gasteiger partial charge in [0.2, 0.25) is 0 Å². The van der Waals surface area contributed by atoms with E-state index in [0.717, 1.165) is 25.3 Å². The molecule has 3 aliphatic heterocycles. The van der Waals surface area contributed by atoms with Gasteiger partial charge in [-0.15, -0.1) is 0 Å². The Morgan fingerprint density at radius 1 is 1.23 bits per heavy atom. The summed E-state index contributed by atoms with van der Waals surface area (Å²) in [5, 5.41) is 23.0. The molecule has 0 spiro atoms. The number of rotatable bonds is 3.